The Kier molecular flexibility index (Phi) is 4.08. The van der Waals surface area contributed by atoms with E-state index in [4.69, 9.17) is 11.6 Å². The van der Waals surface area contributed by atoms with Crippen molar-refractivity contribution in [1.82, 2.24) is 4.90 Å². The first kappa shape index (κ1) is 13.7. The SMILES string of the molecule is O=C(c1ccc(CCl)cc1)N1CCCC1c1cccs1. The van der Waals surface area contributed by atoms with Crippen molar-refractivity contribution in [2.75, 3.05) is 6.54 Å². The zero-order chi connectivity index (χ0) is 13.9. The number of amides is 1. The number of rotatable bonds is 3. The summed E-state index contributed by atoms with van der Waals surface area (Å²) in [6.45, 7) is 0.846. The van der Waals surface area contributed by atoms with E-state index in [-0.39, 0.29) is 11.9 Å². The van der Waals surface area contributed by atoms with Crippen LogP contribution in [0.3, 0.4) is 0 Å². The van der Waals surface area contributed by atoms with Crippen LogP contribution in [0.1, 0.15) is 39.7 Å². The molecule has 1 saturated heterocycles. The van der Waals surface area contributed by atoms with Gasteiger partial charge in [0.25, 0.3) is 5.91 Å². The molecule has 3 rings (SSSR count). The summed E-state index contributed by atoms with van der Waals surface area (Å²) >= 11 is 7.51. The minimum Gasteiger partial charge on any atom is -0.331 e. The Labute approximate surface area is 128 Å². The van der Waals surface area contributed by atoms with Crippen LogP contribution >= 0.6 is 22.9 Å². The molecule has 0 N–H and O–H groups in total. The molecule has 0 saturated carbocycles. The van der Waals surface area contributed by atoms with Crippen LogP contribution in [0.25, 0.3) is 0 Å². The van der Waals surface area contributed by atoms with Crippen LogP contribution in [0.2, 0.25) is 0 Å². The van der Waals surface area contributed by atoms with Gasteiger partial charge in [-0.05, 0) is 42.0 Å². The van der Waals surface area contributed by atoms with E-state index in [2.05, 4.69) is 17.5 Å². The maximum atomic E-state index is 12.6. The Hall–Kier alpha value is -1.32. The van der Waals surface area contributed by atoms with Gasteiger partial charge in [0.2, 0.25) is 0 Å². The Balaban J connectivity index is 1.81. The molecule has 2 heterocycles. The summed E-state index contributed by atoms with van der Waals surface area (Å²) in [4.78, 5) is 15.9. The summed E-state index contributed by atoms with van der Waals surface area (Å²) in [6, 6.07) is 12.0. The zero-order valence-corrected chi connectivity index (χ0v) is 12.7. The second-order valence-electron chi connectivity index (χ2n) is 5.00. The second-order valence-corrected chi connectivity index (χ2v) is 6.25. The van der Waals surface area contributed by atoms with Gasteiger partial charge >= 0.3 is 0 Å². The molecule has 0 radical (unpaired) electrons. The van der Waals surface area contributed by atoms with Crippen LogP contribution in [0, 0.1) is 0 Å². The summed E-state index contributed by atoms with van der Waals surface area (Å²) in [7, 11) is 0. The van der Waals surface area contributed by atoms with Gasteiger partial charge in [0.15, 0.2) is 0 Å². The van der Waals surface area contributed by atoms with Gasteiger partial charge in [-0.25, -0.2) is 0 Å². The molecule has 1 aromatic heterocycles. The number of carbonyl (C=O) groups excluding carboxylic acids is 1. The highest BCUT2D eigenvalue weighted by molar-refractivity contribution is 7.10. The normalized spacial score (nSPS) is 18.4. The van der Waals surface area contributed by atoms with Crippen molar-refractivity contribution in [3.05, 3.63) is 57.8 Å². The third-order valence-corrected chi connectivity index (χ3v) is 5.02. The Morgan fingerprint density at radius 3 is 2.75 bits per heavy atom. The third kappa shape index (κ3) is 2.60. The number of benzene rings is 1. The Bertz CT molecular complexity index is 579. The van der Waals surface area contributed by atoms with E-state index in [0.29, 0.717) is 5.88 Å². The minimum atomic E-state index is 0.127. The summed E-state index contributed by atoms with van der Waals surface area (Å²) in [5, 5.41) is 2.07. The monoisotopic (exact) mass is 305 g/mol. The number of halogens is 1. The van der Waals surface area contributed by atoms with Gasteiger partial charge in [-0.15, -0.1) is 22.9 Å². The lowest BCUT2D eigenvalue weighted by atomic mass is 10.1. The van der Waals surface area contributed by atoms with Crippen molar-refractivity contribution >= 4 is 28.8 Å². The van der Waals surface area contributed by atoms with Crippen molar-refractivity contribution in [2.45, 2.75) is 24.8 Å². The summed E-state index contributed by atoms with van der Waals surface area (Å²) in [5.74, 6) is 0.609. The van der Waals surface area contributed by atoms with E-state index in [1.807, 2.05) is 29.2 Å². The fourth-order valence-corrected chi connectivity index (χ4v) is 3.74. The highest BCUT2D eigenvalue weighted by Gasteiger charge is 2.30. The maximum Gasteiger partial charge on any atom is 0.254 e. The molecule has 2 aromatic rings. The van der Waals surface area contributed by atoms with Crippen molar-refractivity contribution in [1.29, 1.82) is 0 Å². The average molecular weight is 306 g/mol. The number of likely N-dealkylation sites (tertiary alicyclic amines) is 1. The van der Waals surface area contributed by atoms with Crippen LogP contribution in [-0.2, 0) is 5.88 Å². The van der Waals surface area contributed by atoms with E-state index in [1.54, 1.807) is 11.3 Å². The predicted octanol–water partition coefficient (Wildman–Crippen LogP) is 4.46. The molecule has 4 heteroatoms. The first-order valence-electron chi connectivity index (χ1n) is 6.79. The molecule has 1 amide bonds. The van der Waals surface area contributed by atoms with Gasteiger partial charge in [-0.1, -0.05) is 18.2 Å². The first-order chi connectivity index (χ1) is 9.79. The molecule has 0 aliphatic carbocycles. The van der Waals surface area contributed by atoms with Crippen LogP contribution in [0.4, 0.5) is 0 Å². The maximum absolute atomic E-state index is 12.6. The van der Waals surface area contributed by atoms with E-state index in [0.717, 1.165) is 30.5 Å². The van der Waals surface area contributed by atoms with Gasteiger partial charge in [0.05, 0.1) is 6.04 Å². The highest BCUT2D eigenvalue weighted by Crippen LogP contribution is 2.35. The lowest BCUT2D eigenvalue weighted by molar-refractivity contribution is 0.0738. The van der Waals surface area contributed by atoms with Crippen LogP contribution in [0.5, 0.6) is 0 Å². The number of alkyl halides is 1. The second kappa shape index (κ2) is 5.98. The minimum absolute atomic E-state index is 0.127. The van der Waals surface area contributed by atoms with Gasteiger partial charge in [-0.3, -0.25) is 4.79 Å². The van der Waals surface area contributed by atoms with Crippen molar-refractivity contribution in [3.8, 4) is 0 Å². The van der Waals surface area contributed by atoms with Crippen molar-refractivity contribution in [2.24, 2.45) is 0 Å². The molecule has 1 aliphatic rings. The molecule has 2 nitrogen and oxygen atoms in total. The fraction of sp³-hybridized carbons (Fsp3) is 0.312. The molecule has 1 atom stereocenters. The van der Waals surface area contributed by atoms with Gasteiger partial charge in [-0.2, -0.15) is 0 Å². The number of hydrogen-bond donors (Lipinski definition) is 0. The van der Waals surface area contributed by atoms with Crippen LogP contribution in [-0.4, -0.2) is 17.4 Å². The lowest BCUT2D eigenvalue weighted by Crippen LogP contribution is -2.30. The largest absolute Gasteiger partial charge is 0.331 e. The zero-order valence-electron chi connectivity index (χ0n) is 11.1. The standard InChI is InChI=1S/C16H16ClNOS/c17-11-12-5-7-13(8-6-12)16(19)18-9-1-3-14(18)15-4-2-10-20-15/h2,4-8,10,14H,1,3,9,11H2. The van der Waals surface area contributed by atoms with Crippen molar-refractivity contribution < 1.29 is 4.79 Å². The van der Waals surface area contributed by atoms with Gasteiger partial charge in [0, 0.05) is 22.9 Å². The number of nitrogens with zero attached hydrogens (tertiary/aromatic N) is 1. The molecule has 1 fully saturated rings. The van der Waals surface area contributed by atoms with E-state index in [9.17, 15) is 4.79 Å². The Morgan fingerprint density at radius 1 is 1.30 bits per heavy atom. The number of hydrogen-bond acceptors (Lipinski definition) is 2. The molecule has 1 aliphatic heterocycles. The molecule has 0 bridgehead atoms. The van der Waals surface area contributed by atoms with Crippen LogP contribution in [0.15, 0.2) is 41.8 Å². The van der Waals surface area contributed by atoms with E-state index in [1.165, 1.54) is 4.88 Å². The third-order valence-electron chi connectivity index (χ3n) is 3.74. The van der Waals surface area contributed by atoms with E-state index < -0.39 is 0 Å². The summed E-state index contributed by atoms with van der Waals surface area (Å²) < 4.78 is 0. The molecular formula is C16H16ClNOS. The average Bonchev–Trinajstić information content (AvgIpc) is 3.16. The molecule has 1 unspecified atom stereocenters. The molecule has 104 valence electrons. The highest BCUT2D eigenvalue weighted by atomic mass is 35.5. The summed E-state index contributed by atoms with van der Waals surface area (Å²) in [5.41, 5.74) is 1.79. The van der Waals surface area contributed by atoms with Gasteiger partial charge in [0.1, 0.15) is 0 Å². The predicted molar refractivity (Wildman–Crippen MR) is 83.3 cm³/mol. The molecular weight excluding hydrogens is 290 g/mol. The smallest absolute Gasteiger partial charge is 0.254 e. The van der Waals surface area contributed by atoms with E-state index >= 15 is 0 Å². The topological polar surface area (TPSA) is 20.3 Å². The fourth-order valence-electron chi connectivity index (χ4n) is 2.69. The molecule has 0 spiro atoms. The summed E-state index contributed by atoms with van der Waals surface area (Å²) in [6.07, 6.45) is 2.14. The number of carbonyl (C=O) groups is 1. The first-order valence-corrected chi connectivity index (χ1v) is 8.20. The van der Waals surface area contributed by atoms with Crippen LogP contribution < -0.4 is 0 Å². The lowest BCUT2D eigenvalue weighted by Gasteiger charge is -2.24. The Morgan fingerprint density at radius 2 is 2.10 bits per heavy atom. The molecule has 20 heavy (non-hydrogen) atoms. The quantitative estimate of drug-likeness (QED) is 0.766. The number of thiophene rings is 1. The molecule has 1 aromatic carbocycles. The van der Waals surface area contributed by atoms with Gasteiger partial charge < -0.3 is 4.90 Å². The van der Waals surface area contributed by atoms with Crippen molar-refractivity contribution in [3.63, 3.8) is 0 Å².